The van der Waals surface area contributed by atoms with Crippen molar-refractivity contribution in [3.63, 3.8) is 0 Å². The molecule has 0 aromatic heterocycles. The minimum absolute atomic E-state index is 0.260. The van der Waals surface area contributed by atoms with Crippen molar-refractivity contribution in [3.8, 4) is 11.1 Å². The minimum Gasteiger partial charge on any atom is -0.465 e. The smallest absolute Gasteiger partial charge is 0.338 e. The molecule has 0 atom stereocenters. The summed E-state index contributed by atoms with van der Waals surface area (Å²) in [6, 6.07) is 20.9. The highest BCUT2D eigenvalue weighted by molar-refractivity contribution is 6.00. The summed E-state index contributed by atoms with van der Waals surface area (Å²) < 4.78 is 10.8. The number of rotatable bonds is 11. The summed E-state index contributed by atoms with van der Waals surface area (Å²) in [5.74, 6) is 0.190. The molecule has 0 amide bonds. The van der Waals surface area contributed by atoms with Crippen LogP contribution in [0.3, 0.4) is 0 Å². The highest BCUT2D eigenvalue weighted by Crippen LogP contribution is 2.34. The second-order valence-corrected chi connectivity index (χ2v) is 8.43. The van der Waals surface area contributed by atoms with Crippen LogP contribution in [0.25, 0.3) is 11.1 Å². The first-order valence-corrected chi connectivity index (χ1v) is 11.4. The molecule has 31 heavy (non-hydrogen) atoms. The van der Waals surface area contributed by atoms with E-state index in [1.165, 1.54) is 29.4 Å². The highest BCUT2D eigenvalue weighted by atomic mass is 16.5. The van der Waals surface area contributed by atoms with Crippen molar-refractivity contribution in [3.05, 3.63) is 82.9 Å². The van der Waals surface area contributed by atoms with E-state index in [1.807, 2.05) is 24.3 Å². The molecule has 0 fully saturated rings. The van der Waals surface area contributed by atoms with Crippen molar-refractivity contribution in [2.75, 3.05) is 13.7 Å². The summed E-state index contributed by atoms with van der Waals surface area (Å²) in [4.78, 5) is 12.3. The molecule has 0 saturated heterocycles. The zero-order chi connectivity index (χ0) is 22.1. The summed E-state index contributed by atoms with van der Waals surface area (Å²) >= 11 is 0. The van der Waals surface area contributed by atoms with Crippen molar-refractivity contribution in [2.24, 2.45) is 0 Å². The van der Waals surface area contributed by atoms with Crippen molar-refractivity contribution in [2.45, 2.75) is 58.5 Å². The van der Waals surface area contributed by atoms with E-state index >= 15 is 0 Å². The molecule has 0 bridgehead atoms. The van der Waals surface area contributed by atoms with Crippen molar-refractivity contribution in [1.82, 2.24) is 0 Å². The van der Waals surface area contributed by atoms with Gasteiger partial charge in [0, 0.05) is 6.61 Å². The van der Waals surface area contributed by atoms with Crippen molar-refractivity contribution in [1.29, 1.82) is 0 Å². The lowest BCUT2D eigenvalue weighted by molar-refractivity contribution is 0.0602. The maximum absolute atomic E-state index is 12.3. The van der Waals surface area contributed by atoms with Crippen LogP contribution in [0.5, 0.6) is 0 Å². The number of ether oxygens (including phenoxy) is 2. The fourth-order valence-electron chi connectivity index (χ4n) is 3.95. The Bertz CT molecular complexity index is 930. The molecule has 164 valence electrons. The van der Waals surface area contributed by atoms with Crippen LogP contribution in [-0.4, -0.2) is 19.7 Å². The fourth-order valence-corrected chi connectivity index (χ4v) is 3.95. The number of esters is 1. The first-order chi connectivity index (χ1) is 15.1. The van der Waals surface area contributed by atoms with Crippen LogP contribution in [0, 0.1) is 0 Å². The number of unbranched alkanes of at least 4 members (excludes halogenated alkanes) is 3. The molecule has 0 spiro atoms. The van der Waals surface area contributed by atoms with Crippen LogP contribution in [0.4, 0.5) is 0 Å². The molecular formula is C28H34O3. The van der Waals surface area contributed by atoms with Crippen LogP contribution in [-0.2, 0) is 22.5 Å². The maximum atomic E-state index is 12.3. The number of carbonyl (C=O) groups is 1. The first kappa shape index (κ1) is 23.0. The van der Waals surface area contributed by atoms with Crippen LogP contribution in [0.2, 0.25) is 0 Å². The zero-order valence-electron chi connectivity index (χ0n) is 19.0. The number of hydrogen-bond acceptors (Lipinski definition) is 3. The largest absolute Gasteiger partial charge is 0.465 e. The van der Waals surface area contributed by atoms with E-state index in [-0.39, 0.29) is 5.97 Å². The lowest BCUT2D eigenvalue weighted by atomic mass is 10.0. The fraction of sp³-hybridized carbons (Fsp3) is 0.393. The number of methoxy groups -OCH3 is 1. The van der Waals surface area contributed by atoms with Crippen LogP contribution in [0.1, 0.15) is 72.5 Å². The van der Waals surface area contributed by atoms with Gasteiger partial charge >= 0.3 is 5.97 Å². The Labute approximate surface area is 186 Å². The number of benzene rings is 1. The molecule has 3 heteroatoms. The van der Waals surface area contributed by atoms with Gasteiger partial charge in [-0.15, -0.1) is 0 Å². The summed E-state index contributed by atoms with van der Waals surface area (Å²) in [7, 11) is 1.45. The highest BCUT2D eigenvalue weighted by Gasteiger charge is 2.20. The average molecular weight is 419 g/mol. The molecule has 0 saturated carbocycles. The average Bonchev–Trinajstić information content (AvgIpc) is 2.97. The quantitative estimate of drug-likeness (QED) is 0.248. The minimum atomic E-state index is -0.260. The van der Waals surface area contributed by atoms with Gasteiger partial charge in [-0.05, 0) is 59.1 Å². The normalized spacial score (nSPS) is 11.2. The van der Waals surface area contributed by atoms with Gasteiger partial charge in [0.2, 0.25) is 0 Å². The van der Waals surface area contributed by atoms with Gasteiger partial charge in [-0.2, -0.15) is 0 Å². The van der Waals surface area contributed by atoms with E-state index in [1.54, 1.807) is 0 Å². The molecule has 2 aliphatic carbocycles. The molecule has 0 aliphatic heterocycles. The second kappa shape index (κ2) is 11.7. The number of carbonyl (C=O) groups excluding carboxylic acids is 1. The third-order valence-electron chi connectivity index (χ3n) is 5.80. The topological polar surface area (TPSA) is 35.5 Å². The lowest BCUT2D eigenvalue weighted by Crippen LogP contribution is -2.00. The second-order valence-electron chi connectivity index (χ2n) is 8.43. The van der Waals surface area contributed by atoms with Gasteiger partial charge in [0.25, 0.3) is 0 Å². The third kappa shape index (κ3) is 6.41. The molecule has 1 aromatic rings. The first-order valence-electron chi connectivity index (χ1n) is 11.4. The Hall–Kier alpha value is -2.65. The van der Waals surface area contributed by atoms with E-state index in [4.69, 9.17) is 9.47 Å². The van der Waals surface area contributed by atoms with Gasteiger partial charge in [0.15, 0.2) is 0 Å². The Morgan fingerprint density at radius 2 is 1.58 bits per heavy atom. The summed E-state index contributed by atoms with van der Waals surface area (Å²) in [6.07, 6.45) is 5.47. The van der Waals surface area contributed by atoms with Gasteiger partial charge in [-0.25, -0.2) is 4.79 Å². The number of aryl methyl sites for hydroxylation is 1. The number of hydrogen-bond donors (Lipinski definition) is 0. The van der Waals surface area contributed by atoms with Crippen molar-refractivity contribution < 1.29 is 14.3 Å². The summed E-state index contributed by atoms with van der Waals surface area (Å²) in [6.45, 7) is 5.86. The van der Waals surface area contributed by atoms with Crippen LogP contribution >= 0.6 is 0 Å². The van der Waals surface area contributed by atoms with Gasteiger partial charge in [-0.1, -0.05) is 81.3 Å². The van der Waals surface area contributed by atoms with E-state index in [9.17, 15) is 4.79 Å². The molecule has 3 nitrogen and oxygen atoms in total. The van der Waals surface area contributed by atoms with Crippen molar-refractivity contribution >= 4 is 5.97 Å². The number of fused-ring (bicyclic) bond motifs is 1. The Balaban J connectivity index is 1.52. The SMILES string of the molecule is COC(=O)c1cc(CCCCCCOCc2ccccc2)c2ccc(C(C)C)ccc1-2. The molecule has 0 heterocycles. The molecule has 2 aliphatic rings. The molecule has 1 aromatic carbocycles. The Kier molecular flexibility index (Phi) is 8.66. The molecule has 0 unspecified atom stereocenters. The van der Waals surface area contributed by atoms with Gasteiger partial charge in [0.05, 0.1) is 19.3 Å². The Morgan fingerprint density at radius 1 is 0.871 bits per heavy atom. The van der Waals surface area contributed by atoms with E-state index in [0.29, 0.717) is 18.1 Å². The van der Waals surface area contributed by atoms with E-state index in [2.05, 4.69) is 50.2 Å². The Morgan fingerprint density at radius 3 is 2.29 bits per heavy atom. The molecule has 0 N–H and O–H groups in total. The molecule has 3 rings (SSSR count). The lowest BCUT2D eigenvalue weighted by Gasteiger charge is -2.05. The van der Waals surface area contributed by atoms with E-state index < -0.39 is 0 Å². The van der Waals surface area contributed by atoms with Crippen LogP contribution < -0.4 is 0 Å². The monoisotopic (exact) mass is 418 g/mol. The third-order valence-corrected chi connectivity index (χ3v) is 5.80. The summed E-state index contributed by atoms with van der Waals surface area (Å²) in [5.41, 5.74) is 6.56. The van der Waals surface area contributed by atoms with E-state index in [0.717, 1.165) is 44.3 Å². The van der Waals surface area contributed by atoms with Gasteiger partial charge < -0.3 is 9.47 Å². The molecule has 0 radical (unpaired) electrons. The van der Waals surface area contributed by atoms with Gasteiger partial charge in [-0.3, -0.25) is 0 Å². The predicted molar refractivity (Wildman–Crippen MR) is 127 cm³/mol. The predicted octanol–water partition coefficient (Wildman–Crippen LogP) is 7.02. The zero-order valence-corrected chi connectivity index (χ0v) is 19.0. The summed E-state index contributed by atoms with van der Waals surface area (Å²) in [5, 5.41) is 0. The van der Waals surface area contributed by atoms with Gasteiger partial charge in [0.1, 0.15) is 0 Å². The van der Waals surface area contributed by atoms with Crippen LogP contribution in [0.15, 0.2) is 60.7 Å². The molecular weight excluding hydrogens is 384 g/mol. The standard InChI is InChI=1S/C28H34O3/c1-21(2)23-14-16-25-24(19-27(28(29)30-3)26(25)17-15-23)13-9-4-5-10-18-31-20-22-11-7-6-8-12-22/h6-8,11-12,14-17,19,21H,4-5,9-10,13,18,20H2,1-3H3. The maximum Gasteiger partial charge on any atom is 0.338 e.